The number of urea groups is 1. The second-order valence-corrected chi connectivity index (χ2v) is 14.9. The number of carbonyl (C=O) groups is 3. The maximum absolute atomic E-state index is 13.0. The first kappa shape index (κ1) is 37.2. The number of carbonyl (C=O) groups excluding carboxylic acids is 3. The lowest BCUT2D eigenvalue weighted by molar-refractivity contribution is 0.0944. The number of phenolic OH excluding ortho intramolecular Hbond substituents is 2. The zero-order chi connectivity index (χ0) is 39.1. The van der Waals surface area contributed by atoms with Gasteiger partial charge in [0.1, 0.15) is 21.3 Å². The minimum atomic E-state index is -4.64. The Hall–Kier alpha value is -6.53. The number of hydrogen-bond acceptors (Lipinski definition) is 11. The number of imide groups is 2. The molecule has 0 saturated carbocycles. The van der Waals surface area contributed by atoms with Crippen LogP contribution in [0, 0.1) is 13.8 Å². The third-order valence-corrected chi connectivity index (χ3v) is 10.2. The maximum atomic E-state index is 13.0. The molecule has 0 bridgehead atoms. The van der Waals surface area contributed by atoms with E-state index >= 15 is 0 Å². The van der Waals surface area contributed by atoms with Gasteiger partial charge in [-0.05, 0) is 61.4 Å². The van der Waals surface area contributed by atoms with Crippen LogP contribution in [-0.2, 0) is 20.2 Å². The summed E-state index contributed by atoms with van der Waals surface area (Å²) in [5.74, 6) is -2.55. The summed E-state index contributed by atoms with van der Waals surface area (Å²) in [5.41, 5.74) is 2.07. The standard InChI is InChI=1S/C37H30N4O11S2/c1-19-15-21(38-33-27-9-5-3-7-25(27)31(17-29(33)42)53(47,48)49)11-13-23(19)35(44)40-37(46)41-36(45)24-14-12-22(16-20(24)2)39-34-28-10-6-4-8-26(28)32(18-30(34)43)54(50,51)52/h3-18,38-39,42-43H,1-2H3,(H,47,48,49)(H,50,51,52)(H2,40,41,44,45,46). The lowest BCUT2D eigenvalue weighted by atomic mass is 10.1. The lowest BCUT2D eigenvalue weighted by Crippen LogP contribution is -2.42. The van der Waals surface area contributed by atoms with E-state index in [1.54, 1.807) is 62.4 Å². The van der Waals surface area contributed by atoms with Crippen molar-refractivity contribution in [3.05, 3.63) is 119 Å². The Kier molecular flexibility index (Phi) is 9.74. The third kappa shape index (κ3) is 7.50. The fraction of sp³-hybridized carbons (Fsp3) is 0.0541. The molecule has 0 atom stereocenters. The van der Waals surface area contributed by atoms with Gasteiger partial charge in [0.15, 0.2) is 0 Å². The smallest absolute Gasteiger partial charge is 0.328 e. The van der Waals surface area contributed by atoms with Gasteiger partial charge < -0.3 is 20.8 Å². The van der Waals surface area contributed by atoms with Crippen LogP contribution in [0.5, 0.6) is 11.5 Å². The summed E-state index contributed by atoms with van der Waals surface area (Å²) in [7, 11) is -9.28. The van der Waals surface area contributed by atoms with Gasteiger partial charge in [0.25, 0.3) is 32.1 Å². The predicted octanol–water partition coefficient (Wildman–Crippen LogP) is 6.28. The predicted molar refractivity (Wildman–Crippen MR) is 200 cm³/mol. The first-order chi connectivity index (χ1) is 25.4. The van der Waals surface area contributed by atoms with Crippen molar-refractivity contribution >= 4 is 82.4 Å². The van der Waals surface area contributed by atoms with Crippen LogP contribution in [-0.4, -0.2) is 54.0 Å². The molecule has 6 aromatic carbocycles. The van der Waals surface area contributed by atoms with Crippen LogP contribution in [0.4, 0.5) is 27.5 Å². The van der Waals surface area contributed by atoms with Crippen LogP contribution in [0.2, 0.25) is 0 Å². The van der Waals surface area contributed by atoms with Crippen LogP contribution >= 0.6 is 0 Å². The van der Waals surface area contributed by atoms with Gasteiger partial charge in [-0.2, -0.15) is 16.8 Å². The summed E-state index contributed by atoms with van der Waals surface area (Å²) in [5, 5.41) is 32.4. The number of fused-ring (bicyclic) bond motifs is 2. The number of aromatic hydroxyl groups is 2. The monoisotopic (exact) mass is 770 g/mol. The number of rotatable bonds is 8. The normalized spacial score (nSPS) is 11.6. The molecule has 6 aromatic rings. The van der Waals surface area contributed by atoms with E-state index in [0.29, 0.717) is 33.3 Å². The number of aryl methyl sites for hydroxylation is 2. The average molecular weight is 771 g/mol. The molecule has 276 valence electrons. The fourth-order valence-corrected chi connectivity index (χ4v) is 7.43. The molecule has 0 aromatic heterocycles. The summed E-state index contributed by atoms with van der Waals surface area (Å²) >= 11 is 0. The maximum Gasteiger partial charge on any atom is 0.328 e. The van der Waals surface area contributed by atoms with Crippen LogP contribution < -0.4 is 21.3 Å². The van der Waals surface area contributed by atoms with Crippen molar-refractivity contribution < 1.29 is 50.5 Å². The highest BCUT2D eigenvalue weighted by Crippen LogP contribution is 2.40. The number of benzene rings is 6. The van der Waals surface area contributed by atoms with Gasteiger partial charge >= 0.3 is 6.03 Å². The molecular weight excluding hydrogens is 741 g/mol. The quantitative estimate of drug-likeness (QED) is 0.0628. The molecule has 0 heterocycles. The Balaban J connectivity index is 1.13. The Morgan fingerprint density at radius 3 is 1.20 bits per heavy atom. The molecule has 0 aliphatic heterocycles. The second kappa shape index (κ2) is 14.1. The first-order valence-electron chi connectivity index (χ1n) is 15.8. The lowest BCUT2D eigenvalue weighted by Gasteiger charge is -2.16. The van der Waals surface area contributed by atoms with Crippen molar-refractivity contribution in [2.75, 3.05) is 10.6 Å². The number of nitrogens with one attached hydrogen (secondary N) is 4. The fourth-order valence-electron chi connectivity index (χ4n) is 6.00. The van der Waals surface area contributed by atoms with Gasteiger partial charge in [0.2, 0.25) is 0 Å². The third-order valence-electron chi connectivity index (χ3n) is 8.46. The SMILES string of the molecule is Cc1cc(Nc2c(O)cc(S(=O)(=O)O)c3ccccc23)ccc1C(=O)NC(=O)NC(=O)c1ccc(Nc2c(O)cc(S(=O)(=O)O)c3ccccc23)cc1C. The largest absolute Gasteiger partial charge is 0.506 e. The van der Waals surface area contributed by atoms with Crippen molar-refractivity contribution in [2.24, 2.45) is 0 Å². The molecule has 4 amide bonds. The summed E-state index contributed by atoms with van der Waals surface area (Å²) in [4.78, 5) is 37.8. The second-order valence-electron chi connectivity index (χ2n) is 12.1. The zero-order valence-corrected chi connectivity index (χ0v) is 29.8. The van der Waals surface area contributed by atoms with E-state index in [-0.39, 0.29) is 33.3 Å². The molecule has 8 N–H and O–H groups in total. The van der Waals surface area contributed by atoms with E-state index in [2.05, 4.69) is 21.3 Å². The molecule has 0 aliphatic carbocycles. The van der Waals surface area contributed by atoms with Crippen molar-refractivity contribution in [3.63, 3.8) is 0 Å². The minimum Gasteiger partial charge on any atom is -0.506 e. The van der Waals surface area contributed by atoms with E-state index in [0.717, 1.165) is 12.1 Å². The summed E-state index contributed by atoms with van der Waals surface area (Å²) in [6.07, 6.45) is 0. The molecule has 15 nitrogen and oxygen atoms in total. The molecular formula is C37H30N4O11S2. The van der Waals surface area contributed by atoms with Gasteiger partial charge in [-0.25, -0.2) is 4.79 Å². The van der Waals surface area contributed by atoms with Gasteiger partial charge in [-0.15, -0.1) is 0 Å². The highest BCUT2D eigenvalue weighted by atomic mass is 32.2. The molecule has 0 unspecified atom stereocenters. The molecule has 0 aliphatic rings. The Bertz CT molecular complexity index is 2600. The van der Waals surface area contributed by atoms with E-state index in [1.807, 2.05) is 0 Å². The van der Waals surface area contributed by atoms with Crippen molar-refractivity contribution in [1.29, 1.82) is 0 Å². The highest BCUT2D eigenvalue weighted by molar-refractivity contribution is 7.86. The zero-order valence-electron chi connectivity index (χ0n) is 28.2. The number of hydrogen-bond donors (Lipinski definition) is 8. The minimum absolute atomic E-state index is 0.0888. The first-order valence-corrected chi connectivity index (χ1v) is 18.7. The van der Waals surface area contributed by atoms with Crippen molar-refractivity contribution in [2.45, 2.75) is 23.6 Å². The molecule has 0 saturated heterocycles. The van der Waals surface area contributed by atoms with Crippen LogP contribution in [0.1, 0.15) is 31.8 Å². The van der Waals surface area contributed by atoms with Crippen molar-refractivity contribution in [3.8, 4) is 11.5 Å². The Morgan fingerprint density at radius 2 is 0.870 bits per heavy atom. The molecule has 17 heteroatoms. The van der Waals surface area contributed by atoms with E-state index in [1.165, 1.54) is 36.4 Å². The van der Waals surface area contributed by atoms with Crippen LogP contribution in [0.15, 0.2) is 107 Å². The van der Waals surface area contributed by atoms with E-state index < -0.39 is 59.4 Å². The van der Waals surface area contributed by atoms with Gasteiger partial charge in [0, 0.05) is 56.2 Å². The van der Waals surface area contributed by atoms with E-state index in [9.17, 15) is 50.5 Å². The summed E-state index contributed by atoms with van der Waals surface area (Å²) < 4.78 is 66.8. The van der Waals surface area contributed by atoms with Crippen LogP contribution in [0.25, 0.3) is 21.5 Å². The Morgan fingerprint density at radius 1 is 0.519 bits per heavy atom. The van der Waals surface area contributed by atoms with E-state index in [4.69, 9.17) is 0 Å². The van der Waals surface area contributed by atoms with Gasteiger partial charge in [-0.3, -0.25) is 29.3 Å². The summed E-state index contributed by atoms with van der Waals surface area (Å²) in [6, 6.07) is 22.1. The molecule has 0 radical (unpaired) electrons. The molecule has 0 spiro atoms. The molecule has 0 fully saturated rings. The van der Waals surface area contributed by atoms with Crippen molar-refractivity contribution in [1.82, 2.24) is 10.6 Å². The number of amides is 4. The summed E-state index contributed by atoms with van der Waals surface area (Å²) in [6.45, 7) is 3.18. The van der Waals surface area contributed by atoms with Gasteiger partial charge in [-0.1, -0.05) is 48.5 Å². The average Bonchev–Trinajstić information content (AvgIpc) is 3.09. The van der Waals surface area contributed by atoms with Crippen LogP contribution in [0.3, 0.4) is 0 Å². The van der Waals surface area contributed by atoms with Gasteiger partial charge in [0.05, 0.1) is 11.4 Å². The topological polar surface area (TPSA) is 249 Å². The highest BCUT2D eigenvalue weighted by Gasteiger charge is 2.22. The molecule has 54 heavy (non-hydrogen) atoms. The molecule has 6 rings (SSSR count). The Labute approximate surface area is 307 Å². The number of phenols is 2. The number of anilines is 4.